The number of allylic oxidation sites excluding steroid dienone is 3. The second-order valence-electron chi connectivity index (χ2n) is 6.90. The van der Waals surface area contributed by atoms with E-state index in [0.717, 1.165) is 5.57 Å². The molecule has 7 heteroatoms. The quantitative estimate of drug-likeness (QED) is 0.432. The Balaban J connectivity index is 1.43. The molecule has 1 aromatic carbocycles. The van der Waals surface area contributed by atoms with E-state index in [-0.39, 0.29) is 17.8 Å². The van der Waals surface area contributed by atoms with Gasteiger partial charge >= 0.3 is 5.97 Å². The van der Waals surface area contributed by atoms with Gasteiger partial charge in [0.25, 0.3) is 11.8 Å². The summed E-state index contributed by atoms with van der Waals surface area (Å²) in [5.74, 6) is -0.891. The number of imide groups is 1. The molecule has 1 aromatic rings. The molecular weight excluding hydrogens is 358 g/mol. The third-order valence-corrected chi connectivity index (χ3v) is 5.37. The largest absolute Gasteiger partial charge is 0.468 e. The van der Waals surface area contributed by atoms with Gasteiger partial charge in [0, 0.05) is 12.1 Å². The molecule has 7 nitrogen and oxygen atoms in total. The van der Waals surface area contributed by atoms with E-state index >= 15 is 0 Å². The molecule has 4 rings (SSSR count). The number of carbonyl (C=O) groups is 3. The van der Waals surface area contributed by atoms with Crippen LogP contribution < -0.4 is 0 Å². The highest BCUT2D eigenvalue weighted by atomic mass is 16.5. The first-order valence-electron chi connectivity index (χ1n) is 9.13. The van der Waals surface area contributed by atoms with Crippen LogP contribution in [0.2, 0.25) is 0 Å². The van der Waals surface area contributed by atoms with Gasteiger partial charge in [0.15, 0.2) is 0 Å². The fraction of sp³-hybridized carbons (Fsp3) is 0.286. The second kappa shape index (κ2) is 6.99. The third kappa shape index (κ3) is 2.70. The van der Waals surface area contributed by atoms with E-state index in [1.54, 1.807) is 36.5 Å². The number of hydrogen-bond acceptors (Lipinski definition) is 6. The number of esters is 1. The zero-order valence-electron chi connectivity index (χ0n) is 15.4. The molecule has 1 aliphatic carbocycles. The standard InChI is InChI=1S/C21H19N3O4/c1-28-20(27)21(11-6-9-17-16(21)13-22-23-17)10-4-5-12-24-18(25)14-7-2-3-8-15(14)19(24)26/h2-3,6-9,11,13H,4-5,10,12H2,1H3. The van der Waals surface area contributed by atoms with Crippen LogP contribution in [0.25, 0.3) is 0 Å². The fourth-order valence-electron chi connectivity index (χ4n) is 3.93. The molecule has 0 N–H and O–H groups in total. The number of nitrogens with zero attached hydrogens (tertiary/aromatic N) is 3. The van der Waals surface area contributed by atoms with Crippen LogP contribution >= 0.6 is 0 Å². The van der Waals surface area contributed by atoms with Crippen molar-refractivity contribution in [3.8, 4) is 0 Å². The first-order valence-corrected chi connectivity index (χ1v) is 9.13. The van der Waals surface area contributed by atoms with Crippen LogP contribution in [0.1, 0.15) is 40.0 Å². The molecule has 1 unspecified atom stereocenters. The highest BCUT2D eigenvalue weighted by Gasteiger charge is 2.44. The summed E-state index contributed by atoms with van der Waals surface area (Å²) in [4.78, 5) is 38.8. The Hall–Kier alpha value is -3.35. The zero-order valence-corrected chi connectivity index (χ0v) is 15.4. The molecule has 142 valence electrons. The van der Waals surface area contributed by atoms with E-state index in [4.69, 9.17) is 4.74 Å². The van der Waals surface area contributed by atoms with Crippen molar-refractivity contribution in [1.82, 2.24) is 4.90 Å². The van der Waals surface area contributed by atoms with E-state index in [1.165, 1.54) is 12.0 Å². The van der Waals surface area contributed by atoms with Crippen molar-refractivity contribution in [3.05, 3.63) is 71.1 Å². The van der Waals surface area contributed by atoms with Crippen LogP contribution in [0.4, 0.5) is 0 Å². The molecule has 3 aliphatic rings. The Morgan fingerprint density at radius 2 is 1.86 bits per heavy atom. The molecule has 2 heterocycles. The number of rotatable bonds is 6. The van der Waals surface area contributed by atoms with Gasteiger partial charge < -0.3 is 4.74 Å². The van der Waals surface area contributed by atoms with Gasteiger partial charge in [-0.3, -0.25) is 19.3 Å². The number of carbonyl (C=O) groups excluding carboxylic acids is 3. The Bertz CT molecular complexity index is 954. The molecule has 0 aromatic heterocycles. The van der Waals surface area contributed by atoms with Gasteiger partial charge in [0.2, 0.25) is 0 Å². The first-order chi connectivity index (χ1) is 13.6. The summed E-state index contributed by atoms with van der Waals surface area (Å²) in [6.45, 7) is 0.309. The van der Waals surface area contributed by atoms with E-state index in [9.17, 15) is 14.4 Å². The number of amides is 2. The summed E-state index contributed by atoms with van der Waals surface area (Å²) in [5.41, 5.74) is 1.34. The zero-order chi connectivity index (χ0) is 19.7. The van der Waals surface area contributed by atoms with Crippen LogP contribution in [0.5, 0.6) is 0 Å². The van der Waals surface area contributed by atoms with Crippen molar-refractivity contribution < 1.29 is 19.1 Å². The average molecular weight is 377 g/mol. The number of azo groups is 1. The van der Waals surface area contributed by atoms with Gasteiger partial charge in [0.05, 0.1) is 30.1 Å². The van der Waals surface area contributed by atoms with E-state index in [1.807, 2.05) is 12.2 Å². The molecule has 0 spiro atoms. The van der Waals surface area contributed by atoms with E-state index < -0.39 is 5.41 Å². The highest BCUT2D eigenvalue weighted by Crippen LogP contribution is 2.45. The minimum atomic E-state index is -0.940. The number of benzene rings is 1. The maximum absolute atomic E-state index is 12.6. The van der Waals surface area contributed by atoms with Crippen LogP contribution in [-0.4, -0.2) is 36.3 Å². The lowest BCUT2D eigenvalue weighted by Crippen LogP contribution is -2.34. The number of fused-ring (bicyclic) bond motifs is 2. The van der Waals surface area contributed by atoms with Crippen molar-refractivity contribution >= 4 is 17.8 Å². The van der Waals surface area contributed by atoms with Gasteiger partial charge in [-0.2, -0.15) is 10.2 Å². The van der Waals surface area contributed by atoms with Crippen molar-refractivity contribution in [1.29, 1.82) is 0 Å². The maximum atomic E-state index is 12.6. The smallest absolute Gasteiger partial charge is 0.320 e. The summed E-state index contributed by atoms with van der Waals surface area (Å²) in [6.07, 6.45) is 8.69. The van der Waals surface area contributed by atoms with Gasteiger partial charge in [-0.1, -0.05) is 24.3 Å². The lowest BCUT2D eigenvalue weighted by atomic mass is 9.72. The molecule has 0 saturated carbocycles. The Morgan fingerprint density at radius 3 is 2.54 bits per heavy atom. The molecule has 2 aliphatic heterocycles. The summed E-state index contributed by atoms with van der Waals surface area (Å²) >= 11 is 0. The predicted octanol–water partition coefficient (Wildman–Crippen LogP) is 3.42. The van der Waals surface area contributed by atoms with Gasteiger partial charge in [-0.15, -0.1) is 0 Å². The minimum Gasteiger partial charge on any atom is -0.468 e. The number of unbranched alkanes of at least 4 members (excludes halogenated alkanes) is 1. The van der Waals surface area contributed by atoms with Crippen LogP contribution in [0.3, 0.4) is 0 Å². The Kier molecular flexibility index (Phi) is 4.50. The number of hydrogen-bond donors (Lipinski definition) is 0. The molecule has 0 saturated heterocycles. The molecular formula is C21H19N3O4. The van der Waals surface area contributed by atoms with E-state index in [2.05, 4.69) is 10.2 Å². The van der Waals surface area contributed by atoms with Gasteiger partial charge in [0.1, 0.15) is 5.41 Å². The predicted molar refractivity (Wildman–Crippen MR) is 100 cm³/mol. The van der Waals surface area contributed by atoms with Gasteiger partial charge in [-0.25, -0.2) is 0 Å². The minimum absolute atomic E-state index is 0.262. The topological polar surface area (TPSA) is 88.4 Å². The van der Waals surface area contributed by atoms with E-state index in [0.29, 0.717) is 42.6 Å². The molecule has 0 fully saturated rings. The Labute approximate surface area is 162 Å². The summed E-state index contributed by atoms with van der Waals surface area (Å²) in [6, 6.07) is 6.84. The maximum Gasteiger partial charge on any atom is 0.320 e. The SMILES string of the molecule is COC(=O)C1(CCCCN2C(=O)c3ccccc3C2=O)C=CC=C2N=NC=C21. The number of methoxy groups -OCH3 is 1. The van der Waals surface area contributed by atoms with Crippen molar-refractivity contribution in [2.24, 2.45) is 15.6 Å². The molecule has 1 atom stereocenters. The monoisotopic (exact) mass is 377 g/mol. The number of ether oxygens (including phenoxy) is 1. The normalized spacial score (nSPS) is 22.1. The lowest BCUT2D eigenvalue weighted by molar-refractivity contribution is -0.148. The lowest BCUT2D eigenvalue weighted by Gasteiger charge is -2.31. The summed E-state index contributed by atoms with van der Waals surface area (Å²) < 4.78 is 5.05. The molecule has 0 bridgehead atoms. The molecule has 0 radical (unpaired) electrons. The van der Waals surface area contributed by atoms with Crippen molar-refractivity contribution in [3.63, 3.8) is 0 Å². The first kappa shape index (κ1) is 18.0. The molecule has 2 amide bonds. The third-order valence-electron chi connectivity index (χ3n) is 5.37. The van der Waals surface area contributed by atoms with Crippen molar-refractivity contribution in [2.45, 2.75) is 19.3 Å². The highest BCUT2D eigenvalue weighted by molar-refractivity contribution is 6.21. The van der Waals surface area contributed by atoms with Crippen LogP contribution in [-0.2, 0) is 9.53 Å². The molecule has 28 heavy (non-hydrogen) atoms. The fourth-order valence-corrected chi connectivity index (χ4v) is 3.93. The van der Waals surface area contributed by atoms with Gasteiger partial charge in [-0.05, 0) is 37.5 Å². The van der Waals surface area contributed by atoms with Crippen molar-refractivity contribution in [2.75, 3.05) is 13.7 Å². The Morgan fingerprint density at radius 1 is 1.14 bits per heavy atom. The summed E-state index contributed by atoms with van der Waals surface area (Å²) in [5, 5.41) is 7.96. The average Bonchev–Trinajstić information content (AvgIpc) is 3.30. The van der Waals surface area contributed by atoms with Crippen LogP contribution in [0.15, 0.2) is 70.2 Å². The second-order valence-corrected chi connectivity index (χ2v) is 6.90. The van der Waals surface area contributed by atoms with Crippen LogP contribution in [0, 0.1) is 5.41 Å². The summed E-state index contributed by atoms with van der Waals surface area (Å²) in [7, 11) is 1.36.